The van der Waals surface area contributed by atoms with E-state index in [4.69, 9.17) is 33.1 Å². The predicted octanol–water partition coefficient (Wildman–Crippen LogP) is -6.22. The third kappa shape index (κ3) is 25.2. The van der Waals surface area contributed by atoms with Crippen LogP contribution in [0.15, 0.2) is 0 Å². The highest BCUT2D eigenvalue weighted by molar-refractivity contribution is 5.98. The summed E-state index contributed by atoms with van der Waals surface area (Å²) in [6, 6.07) is -9.24. The number of carbonyl (C=O) groups is 12. The highest BCUT2D eigenvalue weighted by atomic mass is 16.4. The van der Waals surface area contributed by atoms with Gasteiger partial charge in [-0.1, -0.05) is 6.42 Å². The molecule has 27 heteroatoms. The first-order chi connectivity index (χ1) is 29.1. The van der Waals surface area contributed by atoms with Crippen LogP contribution < -0.4 is 60.2 Å². The second-order valence-electron chi connectivity index (χ2n) is 13.8. The predicted molar refractivity (Wildman–Crippen MR) is 212 cm³/mol. The minimum absolute atomic E-state index is 0.0363. The van der Waals surface area contributed by atoms with Crippen molar-refractivity contribution in [1.82, 2.24) is 37.2 Å². The Morgan fingerprint density at radius 3 is 1.34 bits per heavy atom. The van der Waals surface area contributed by atoms with Crippen molar-refractivity contribution in [2.24, 2.45) is 22.9 Å². The molecular weight excluding hydrogens is 830 g/mol. The van der Waals surface area contributed by atoms with Crippen molar-refractivity contribution < 1.29 is 78.0 Å². The van der Waals surface area contributed by atoms with Crippen LogP contribution in [0, 0.1) is 0 Å². The second-order valence-corrected chi connectivity index (χ2v) is 13.8. The molecule has 0 spiro atoms. The Labute approximate surface area is 354 Å². The SMILES string of the molecule is NCCCC[C@H](NC(=O)[C@@H](N)CCCCN)C(=O)N[C@@H](CCC(=O)O)C(=O)N[C@@H](CCC(N)=O)C(=O)N[C@@H](CC(=O)O)C(=O)NCC(=O)NCC(=O)N[C@@H](CCC(=O)O)C(=O)O. The zero-order valence-electron chi connectivity index (χ0n) is 34.0. The topological polar surface area (TPSA) is 474 Å². The molecule has 0 saturated heterocycles. The summed E-state index contributed by atoms with van der Waals surface area (Å²) in [4.78, 5) is 148. The lowest BCUT2D eigenvalue weighted by atomic mass is 10.0. The average molecular weight is 890 g/mol. The summed E-state index contributed by atoms with van der Waals surface area (Å²) in [5, 5.41) is 52.0. The molecule has 6 atom stereocenters. The first-order valence-corrected chi connectivity index (χ1v) is 19.5. The summed E-state index contributed by atoms with van der Waals surface area (Å²) in [6.07, 6.45) is -2.25. The first-order valence-electron chi connectivity index (χ1n) is 19.5. The van der Waals surface area contributed by atoms with E-state index in [1.165, 1.54) is 0 Å². The molecule has 0 aliphatic carbocycles. The fraction of sp³-hybridized carbons (Fsp3) is 0.657. The number of carboxylic acid groups (broad SMARTS) is 4. The van der Waals surface area contributed by atoms with E-state index >= 15 is 0 Å². The minimum atomic E-state index is -1.93. The van der Waals surface area contributed by atoms with Gasteiger partial charge in [0, 0.05) is 19.3 Å². The van der Waals surface area contributed by atoms with Crippen LogP contribution in [0.2, 0.25) is 0 Å². The standard InChI is InChI=1S/C35H59N11O16/c36-13-3-1-5-18(38)30(56)43-19(6-2-4-14-37)32(58)45-21(8-11-27(50)51)33(59)44-20(7-10-24(39)47)34(60)46-23(15-29(54)55)31(57)41-16-25(48)40-17-26(49)42-22(35(61)62)9-12-28(52)53/h18-23H,1-17,36-38H2,(H2,39,47)(H,40,48)(H,41,57)(H,42,49)(H,43,56)(H,44,59)(H,45,58)(H,46,60)(H,50,51)(H,52,53)(H,54,55)(H,61,62)/t18-,19-,20-,21-,22-,23-/m0/s1. The van der Waals surface area contributed by atoms with Gasteiger partial charge in [0.1, 0.15) is 30.2 Å². The lowest BCUT2D eigenvalue weighted by Crippen LogP contribution is -2.59. The molecule has 0 saturated carbocycles. The van der Waals surface area contributed by atoms with E-state index in [0.29, 0.717) is 32.2 Å². The van der Waals surface area contributed by atoms with Crippen LogP contribution in [0.4, 0.5) is 0 Å². The van der Waals surface area contributed by atoms with E-state index in [1.807, 2.05) is 16.0 Å². The van der Waals surface area contributed by atoms with E-state index in [-0.39, 0.29) is 19.4 Å². The van der Waals surface area contributed by atoms with Crippen molar-refractivity contribution in [3.8, 4) is 0 Å². The molecule has 0 fully saturated rings. The number of amides is 8. The number of hydrogen-bond donors (Lipinski definition) is 15. The summed E-state index contributed by atoms with van der Waals surface area (Å²) in [5.41, 5.74) is 22.3. The van der Waals surface area contributed by atoms with Gasteiger partial charge in [-0.3, -0.25) is 52.7 Å². The Morgan fingerprint density at radius 2 is 0.871 bits per heavy atom. The van der Waals surface area contributed by atoms with Gasteiger partial charge in [-0.15, -0.1) is 0 Å². The normalized spacial score (nSPS) is 13.6. The smallest absolute Gasteiger partial charge is 0.326 e. The number of carbonyl (C=O) groups excluding carboxylic acids is 8. The van der Waals surface area contributed by atoms with E-state index < -0.39 is 165 Å². The minimum Gasteiger partial charge on any atom is -0.481 e. The molecule has 0 unspecified atom stereocenters. The highest BCUT2D eigenvalue weighted by Crippen LogP contribution is 2.08. The summed E-state index contributed by atoms with van der Waals surface area (Å²) < 4.78 is 0. The molecular formula is C35H59N11O16. The molecule has 0 bridgehead atoms. The van der Waals surface area contributed by atoms with E-state index in [0.717, 1.165) is 0 Å². The first kappa shape index (κ1) is 55.5. The molecule has 0 aliphatic rings. The van der Waals surface area contributed by atoms with Gasteiger partial charge in [0.15, 0.2) is 0 Å². The molecule has 0 aliphatic heterocycles. The quantitative estimate of drug-likeness (QED) is 0.0267. The Hall–Kier alpha value is -6.48. The number of nitrogens with two attached hydrogens (primary N) is 4. The van der Waals surface area contributed by atoms with Crippen molar-refractivity contribution >= 4 is 71.1 Å². The number of nitrogens with one attached hydrogen (secondary N) is 7. The lowest BCUT2D eigenvalue weighted by Gasteiger charge is -2.26. The molecule has 0 radical (unpaired) electrons. The van der Waals surface area contributed by atoms with Gasteiger partial charge in [0.2, 0.25) is 47.3 Å². The highest BCUT2D eigenvalue weighted by Gasteiger charge is 2.33. The zero-order valence-corrected chi connectivity index (χ0v) is 34.0. The maximum absolute atomic E-state index is 13.6. The maximum Gasteiger partial charge on any atom is 0.326 e. The number of primary amides is 1. The third-order valence-corrected chi connectivity index (χ3v) is 8.64. The Bertz CT molecular complexity index is 1600. The van der Waals surface area contributed by atoms with Gasteiger partial charge >= 0.3 is 23.9 Å². The fourth-order valence-corrected chi connectivity index (χ4v) is 5.28. The summed E-state index contributed by atoms with van der Waals surface area (Å²) in [6.45, 7) is -1.10. The molecule has 0 rings (SSSR count). The fourth-order valence-electron chi connectivity index (χ4n) is 5.28. The van der Waals surface area contributed by atoms with Crippen molar-refractivity contribution in [1.29, 1.82) is 0 Å². The molecule has 62 heavy (non-hydrogen) atoms. The van der Waals surface area contributed by atoms with E-state index in [2.05, 4.69) is 21.3 Å². The summed E-state index contributed by atoms with van der Waals surface area (Å²) in [7, 11) is 0. The van der Waals surface area contributed by atoms with Gasteiger partial charge in [0.25, 0.3) is 0 Å². The molecule has 19 N–H and O–H groups in total. The number of aliphatic carboxylic acids is 4. The van der Waals surface area contributed by atoms with E-state index in [9.17, 15) is 67.7 Å². The number of unbranched alkanes of at least 4 members (excludes halogenated alkanes) is 2. The van der Waals surface area contributed by atoms with Gasteiger partial charge in [-0.05, 0) is 64.5 Å². The largest absolute Gasteiger partial charge is 0.481 e. The molecule has 8 amide bonds. The Kier molecular flexibility index (Phi) is 27.3. The zero-order chi connectivity index (χ0) is 47.4. The Morgan fingerprint density at radius 1 is 0.435 bits per heavy atom. The summed E-state index contributed by atoms with van der Waals surface area (Å²) in [5.74, 6) is -14.2. The number of hydrogen-bond acceptors (Lipinski definition) is 15. The van der Waals surface area contributed by atoms with Crippen LogP contribution in [0.5, 0.6) is 0 Å². The maximum atomic E-state index is 13.6. The van der Waals surface area contributed by atoms with Crippen LogP contribution in [0.3, 0.4) is 0 Å². The van der Waals surface area contributed by atoms with Gasteiger partial charge < -0.3 is 80.6 Å². The number of carboxylic acids is 4. The van der Waals surface area contributed by atoms with Crippen LogP contribution in [0.1, 0.15) is 83.5 Å². The van der Waals surface area contributed by atoms with Crippen LogP contribution in [-0.2, 0) is 57.5 Å². The van der Waals surface area contributed by atoms with Crippen molar-refractivity contribution in [2.75, 3.05) is 26.2 Å². The van der Waals surface area contributed by atoms with Gasteiger partial charge in [-0.25, -0.2) is 4.79 Å². The molecule has 0 aromatic carbocycles. The van der Waals surface area contributed by atoms with E-state index in [1.54, 1.807) is 0 Å². The third-order valence-electron chi connectivity index (χ3n) is 8.64. The van der Waals surface area contributed by atoms with Crippen LogP contribution in [0.25, 0.3) is 0 Å². The van der Waals surface area contributed by atoms with Gasteiger partial charge in [0.05, 0.1) is 25.6 Å². The van der Waals surface area contributed by atoms with Crippen molar-refractivity contribution in [2.45, 2.75) is 120 Å². The van der Waals surface area contributed by atoms with Crippen LogP contribution >= 0.6 is 0 Å². The average Bonchev–Trinajstić information content (AvgIpc) is 3.19. The van der Waals surface area contributed by atoms with Gasteiger partial charge in [-0.2, -0.15) is 0 Å². The van der Waals surface area contributed by atoms with Crippen molar-refractivity contribution in [3.05, 3.63) is 0 Å². The molecule has 350 valence electrons. The molecule has 27 nitrogen and oxygen atoms in total. The van der Waals surface area contributed by atoms with Crippen LogP contribution in [-0.4, -0.2) is 154 Å². The molecule has 0 aromatic rings. The Balaban J connectivity index is 6.03. The second kappa shape index (κ2) is 30.5. The molecule has 0 aromatic heterocycles. The van der Waals surface area contributed by atoms with Crippen molar-refractivity contribution in [3.63, 3.8) is 0 Å². The monoisotopic (exact) mass is 889 g/mol. The lowest BCUT2D eigenvalue weighted by molar-refractivity contribution is -0.143. The number of rotatable bonds is 34. The summed E-state index contributed by atoms with van der Waals surface area (Å²) >= 11 is 0. The molecule has 0 heterocycles.